The van der Waals surface area contributed by atoms with Crippen molar-refractivity contribution in [1.82, 2.24) is 0 Å². The zero-order valence-electron chi connectivity index (χ0n) is 7.41. The molecule has 0 atom stereocenters. The molecule has 1 nitrogen and oxygen atoms in total. The van der Waals surface area contributed by atoms with Gasteiger partial charge in [0, 0.05) is 6.42 Å². The minimum Gasteiger partial charge on any atom is -0.289 e. The molecule has 74 valence electrons. The maximum atomic E-state index is 11.2. The number of hydrogen-bond acceptors (Lipinski definition) is 1. The summed E-state index contributed by atoms with van der Waals surface area (Å²) in [5.41, 5.74) is 1.82. The predicted octanol–water partition coefficient (Wildman–Crippen LogP) is 4.03. The van der Waals surface area contributed by atoms with Crippen LogP contribution in [0.1, 0.15) is 11.1 Å². The maximum absolute atomic E-state index is 11.2. The molecule has 4 heteroatoms. The van der Waals surface area contributed by atoms with E-state index in [2.05, 4.69) is 5.92 Å². The van der Waals surface area contributed by atoms with Crippen molar-refractivity contribution in [2.45, 2.75) is 12.6 Å². The first-order chi connectivity index (χ1) is 6.53. The lowest BCUT2D eigenvalue weighted by molar-refractivity contribution is 0.592. The van der Waals surface area contributed by atoms with Crippen LogP contribution in [0.5, 0.6) is 0 Å². The molecule has 0 aliphatic heterocycles. The Bertz CT molecular complexity index is 403. The highest BCUT2D eigenvalue weighted by molar-refractivity contribution is 8.08. The molecule has 0 heterocycles. The SMILES string of the molecule is C#CCc1ccccc1CP(=O)(Cl)Cl. The molecule has 0 bridgehead atoms. The number of terminal acetylenes is 1. The van der Waals surface area contributed by atoms with E-state index in [9.17, 15) is 4.57 Å². The van der Waals surface area contributed by atoms with Crippen molar-refractivity contribution in [3.05, 3.63) is 35.4 Å². The first-order valence-corrected chi connectivity index (χ1v) is 7.72. The van der Waals surface area contributed by atoms with Gasteiger partial charge in [0.25, 0.3) is 5.85 Å². The van der Waals surface area contributed by atoms with Gasteiger partial charge in [-0.15, -0.1) is 12.3 Å². The Morgan fingerprint density at radius 1 is 1.29 bits per heavy atom. The summed E-state index contributed by atoms with van der Waals surface area (Å²) in [5, 5.41) is 0. The van der Waals surface area contributed by atoms with Gasteiger partial charge in [-0.3, -0.25) is 4.57 Å². The van der Waals surface area contributed by atoms with Gasteiger partial charge < -0.3 is 0 Å². The van der Waals surface area contributed by atoms with E-state index in [1.807, 2.05) is 24.3 Å². The highest BCUT2D eigenvalue weighted by Gasteiger charge is 2.16. The fourth-order valence-electron chi connectivity index (χ4n) is 1.19. The zero-order valence-corrected chi connectivity index (χ0v) is 9.82. The number of hydrogen-bond donors (Lipinski definition) is 0. The van der Waals surface area contributed by atoms with E-state index in [0.717, 1.165) is 11.1 Å². The highest BCUT2D eigenvalue weighted by Crippen LogP contribution is 2.59. The van der Waals surface area contributed by atoms with E-state index in [4.69, 9.17) is 28.9 Å². The molecule has 0 radical (unpaired) electrons. The molecule has 0 unspecified atom stereocenters. The summed E-state index contributed by atoms with van der Waals surface area (Å²) in [6, 6.07) is 7.45. The smallest absolute Gasteiger partial charge is 0.257 e. The standard InChI is InChI=1S/C10H9Cl2OP/c1-2-5-9-6-3-4-7-10(9)8-14(11,12)13/h1,3-4,6-7H,5,8H2. The Morgan fingerprint density at radius 3 is 2.36 bits per heavy atom. The molecule has 0 saturated heterocycles. The van der Waals surface area contributed by atoms with Gasteiger partial charge in [0.1, 0.15) is 0 Å². The van der Waals surface area contributed by atoms with Gasteiger partial charge in [-0.1, -0.05) is 24.3 Å². The Labute approximate surface area is 93.4 Å². The first-order valence-electron chi connectivity index (χ1n) is 4.01. The topological polar surface area (TPSA) is 17.1 Å². The van der Waals surface area contributed by atoms with E-state index in [1.165, 1.54) is 0 Å². The van der Waals surface area contributed by atoms with Crippen LogP contribution in [0.25, 0.3) is 0 Å². The summed E-state index contributed by atoms with van der Waals surface area (Å²) < 4.78 is 11.2. The highest BCUT2D eigenvalue weighted by atomic mass is 35.9. The van der Waals surface area contributed by atoms with E-state index < -0.39 is 5.85 Å². The lowest BCUT2D eigenvalue weighted by atomic mass is 10.1. The third-order valence-corrected chi connectivity index (χ3v) is 3.19. The molecule has 1 rings (SSSR count). The summed E-state index contributed by atoms with van der Waals surface area (Å²) in [6.45, 7) is 0. The lowest BCUT2D eigenvalue weighted by Gasteiger charge is -2.07. The average molecular weight is 247 g/mol. The maximum Gasteiger partial charge on any atom is 0.257 e. The first kappa shape index (κ1) is 11.7. The largest absolute Gasteiger partial charge is 0.289 e. The van der Waals surface area contributed by atoms with Crippen LogP contribution in [0, 0.1) is 12.3 Å². The van der Waals surface area contributed by atoms with Gasteiger partial charge in [0.15, 0.2) is 0 Å². The normalized spacial score (nSPS) is 10.9. The van der Waals surface area contributed by atoms with Gasteiger partial charge in [-0.25, -0.2) is 0 Å². The molecule has 0 N–H and O–H groups in total. The van der Waals surface area contributed by atoms with Crippen molar-refractivity contribution in [2.75, 3.05) is 0 Å². The van der Waals surface area contributed by atoms with E-state index in [-0.39, 0.29) is 6.16 Å². The summed E-state index contributed by atoms with van der Waals surface area (Å²) in [6.07, 6.45) is 5.89. The van der Waals surface area contributed by atoms with Crippen LogP contribution in [-0.4, -0.2) is 0 Å². The van der Waals surface area contributed by atoms with Crippen LogP contribution in [-0.2, 0) is 17.1 Å². The molecular formula is C10H9Cl2OP. The van der Waals surface area contributed by atoms with Crippen molar-refractivity contribution < 1.29 is 4.57 Å². The number of benzene rings is 1. The van der Waals surface area contributed by atoms with E-state index in [0.29, 0.717) is 6.42 Å². The van der Waals surface area contributed by atoms with E-state index >= 15 is 0 Å². The van der Waals surface area contributed by atoms with Crippen molar-refractivity contribution in [3.8, 4) is 12.3 Å². The zero-order chi connectivity index (χ0) is 10.6. The molecule has 0 aromatic heterocycles. The number of halogens is 2. The second-order valence-corrected chi connectivity index (χ2v) is 8.13. The van der Waals surface area contributed by atoms with Crippen LogP contribution in [0.15, 0.2) is 24.3 Å². The van der Waals surface area contributed by atoms with Crippen molar-refractivity contribution in [3.63, 3.8) is 0 Å². The molecular weight excluding hydrogens is 238 g/mol. The Kier molecular flexibility index (Phi) is 4.08. The molecule has 1 aromatic carbocycles. The number of rotatable bonds is 3. The van der Waals surface area contributed by atoms with Crippen molar-refractivity contribution in [2.24, 2.45) is 0 Å². The third kappa shape index (κ3) is 3.76. The van der Waals surface area contributed by atoms with Gasteiger partial charge >= 0.3 is 0 Å². The van der Waals surface area contributed by atoms with Crippen molar-refractivity contribution >= 4 is 28.3 Å². The Hall–Kier alpha value is -0.410. The summed E-state index contributed by atoms with van der Waals surface area (Å²) in [5.74, 6) is -0.528. The average Bonchev–Trinajstić information content (AvgIpc) is 2.06. The Morgan fingerprint density at radius 2 is 1.86 bits per heavy atom. The van der Waals surface area contributed by atoms with E-state index in [1.54, 1.807) is 0 Å². The molecule has 14 heavy (non-hydrogen) atoms. The van der Waals surface area contributed by atoms with Crippen LogP contribution in [0.4, 0.5) is 0 Å². The fourth-order valence-corrected chi connectivity index (χ4v) is 2.67. The predicted molar refractivity (Wildman–Crippen MR) is 62.0 cm³/mol. The van der Waals surface area contributed by atoms with Crippen LogP contribution < -0.4 is 0 Å². The Balaban J connectivity index is 2.97. The second-order valence-electron chi connectivity index (χ2n) is 2.88. The molecule has 0 fully saturated rings. The summed E-state index contributed by atoms with van der Waals surface area (Å²) in [4.78, 5) is 0. The van der Waals surface area contributed by atoms with Crippen LogP contribution in [0.3, 0.4) is 0 Å². The molecule has 1 aromatic rings. The minimum absolute atomic E-state index is 0.175. The fraction of sp³-hybridized carbons (Fsp3) is 0.200. The molecule has 0 saturated carbocycles. The van der Waals surface area contributed by atoms with Crippen LogP contribution in [0.2, 0.25) is 0 Å². The van der Waals surface area contributed by atoms with Gasteiger partial charge in [-0.05, 0) is 33.6 Å². The quantitative estimate of drug-likeness (QED) is 0.582. The lowest BCUT2D eigenvalue weighted by Crippen LogP contribution is -1.90. The minimum atomic E-state index is -3.06. The third-order valence-electron chi connectivity index (χ3n) is 1.77. The molecule has 0 spiro atoms. The van der Waals surface area contributed by atoms with Crippen LogP contribution >= 0.6 is 28.3 Å². The monoisotopic (exact) mass is 246 g/mol. The summed E-state index contributed by atoms with van der Waals surface area (Å²) >= 11 is 11.0. The second kappa shape index (κ2) is 4.89. The van der Waals surface area contributed by atoms with Gasteiger partial charge in [0.05, 0.1) is 6.16 Å². The molecule has 0 amide bonds. The van der Waals surface area contributed by atoms with Crippen molar-refractivity contribution in [1.29, 1.82) is 0 Å². The molecule has 0 aliphatic rings. The summed E-state index contributed by atoms with van der Waals surface area (Å²) in [7, 11) is 0. The van der Waals surface area contributed by atoms with Gasteiger partial charge in [0.2, 0.25) is 0 Å². The molecule has 0 aliphatic carbocycles. The van der Waals surface area contributed by atoms with Gasteiger partial charge in [-0.2, -0.15) is 0 Å².